The summed E-state index contributed by atoms with van der Waals surface area (Å²) in [6.45, 7) is 2.22. The number of aliphatic carboxylic acids is 1. The lowest BCUT2D eigenvalue weighted by molar-refractivity contribution is -0.146. The lowest BCUT2D eigenvalue weighted by atomic mass is 9.82. The van der Waals surface area contributed by atoms with Gasteiger partial charge in [-0.3, -0.25) is 14.4 Å². The van der Waals surface area contributed by atoms with E-state index in [1.807, 2.05) is 12.2 Å². The van der Waals surface area contributed by atoms with Crippen molar-refractivity contribution in [2.24, 2.45) is 17.8 Å². The van der Waals surface area contributed by atoms with Crippen LogP contribution in [0.15, 0.2) is 12.2 Å². The largest absolute Gasteiger partial charge is 0.481 e. The van der Waals surface area contributed by atoms with Crippen molar-refractivity contribution < 1.29 is 19.5 Å². The fraction of sp³-hybridized carbons (Fsp3) is 0.625. The summed E-state index contributed by atoms with van der Waals surface area (Å²) in [7, 11) is 0. The van der Waals surface area contributed by atoms with E-state index in [1.54, 1.807) is 0 Å². The number of fused-ring (bicyclic) bond motifs is 1. The monoisotopic (exact) mass is 444 g/mol. The number of nitrogens with one attached hydrogen (secondary N) is 2. The number of thiophene rings is 1. The molecule has 0 bridgehead atoms. The Labute approximate surface area is 187 Å². The highest BCUT2D eigenvalue weighted by Crippen LogP contribution is 2.40. The quantitative estimate of drug-likeness (QED) is 0.581. The number of carbonyl (C=O) groups is 3. The molecule has 31 heavy (non-hydrogen) atoms. The van der Waals surface area contributed by atoms with E-state index < -0.39 is 17.8 Å². The maximum Gasteiger partial charge on any atom is 0.307 e. The molecule has 4 rings (SSSR count). The van der Waals surface area contributed by atoms with Crippen LogP contribution in [0.2, 0.25) is 0 Å². The average Bonchev–Trinajstić information content (AvgIpc) is 3.11. The molecule has 0 aliphatic heterocycles. The molecule has 3 N–H and O–H groups in total. The Morgan fingerprint density at radius 1 is 1.03 bits per heavy atom. The number of hydrogen-bond acceptors (Lipinski definition) is 4. The lowest BCUT2D eigenvalue weighted by Gasteiger charge is -2.25. The Morgan fingerprint density at radius 2 is 1.74 bits per heavy atom. The highest BCUT2D eigenvalue weighted by Gasteiger charge is 2.36. The second-order valence-corrected chi connectivity index (χ2v) is 10.5. The smallest absolute Gasteiger partial charge is 0.307 e. The van der Waals surface area contributed by atoms with Crippen LogP contribution in [0, 0.1) is 17.8 Å². The normalized spacial score (nSPS) is 26.2. The Hall–Kier alpha value is -2.15. The van der Waals surface area contributed by atoms with Crippen LogP contribution in [0.3, 0.4) is 0 Å². The van der Waals surface area contributed by atoms with Crippen molar-refractivity contribution in [3.05, 3.63) is 28.2 Å². The minimum Gasteiger partial charge on any atom is -0.481 e. The zero-order valence-electron chi connectivity index (χ0n) is 18.1. The molecule has 0 unspecified atom stereocenters. The van der Waals surface area contributed by atoms with Gasteiger partial charge in [0.25, 0.3) is 5.91 Å². The zero-order chi connectivity index (χ0) is 22.0. The molecule has 2 amide bonds. The standard InChI is InChI=1S/C24H32N2O4S/c1-14-11-12-18-19(13-14)31-23(20(18)22(28)25-15-7-3-2-4-8-15)26-21(27)16-9-5-6-10-17(16)24(29)30/h5-6,14-17H,2-4,7-13H2,1H3,(H,25,28)(H,26,27)(H,29,30)/t14-,16+,17-/m1/s1. The van der Waals surface area contributed by atoms with Crippen molar-refractivity contribution in [2.75, 3.05) is 5.32 Å². The minimum absolute atomic E-state index is 0.0902. The molecule has 1 fully saturated rings. The first-order valence-electron chi connectivity index (χ1n) is 11.6. The van der Waals surface area contributed by atoms with Crippen LogP contribution in [0.5, 0.6) is 0 Å². The van der Waals surface area contributed by atoms with E-state index in [9.17, 15) is 19.5 Å². The second kappa shape index (κ2) is 9.55. The first kappa shape index (κ1) is 22.1. The van der Waals surface area contributed by atoms with Crippen molar-refractivity contribution >= 4 is 34.1 Å². The molecule has 3 aliphatic carbocycles. The second-order valence-electron chi connectivity index (χ2n) is 9.35. The van der Waals surface area contributed by atoms with Crippen molar-refractivity contribution in [1.29, 1.82) is 0 Å². The number of carbonyl (C=O) groups excluding carboxylic acids is 2. The van der Waals surface area contributed by atoms with Gasteiger partial charge < -0.3 is 15.7 Å². The van der Waals surface area contributed by atoms with Crippen LogP contribution < -0.4 is 10.6 Å². The third-order valence-electron chi connectivity index (χ3n) is 7.00. The molecule has 0 spiro atoms. The van der Waals surface area contributed by atoms with E-state index in [0.29, 0.717) is 29.3 Å². The SMILES string of the molecule is C[C@@H]1CCc2c(sc(NC(=O)[C@H]3CC=CC[C@H]3C(=O)O)c2C(=O)NC2CCCCC2)C1. The zero-order valence-corrected chi connectivity index (χ0v) is 18.9. The Kier molecular flexibility index (Phi) is 6.80. The van der Waals surface area contributed by atoms with Crippen LogP contribution in [0.4, 0.5) is 5.00 Å². The first-order chi connectivity index (χ1) is 14.9. The van der Waals surface area contributed by atoms with Crippen LogP contribution in [0.1, 0.15) is 79.1 Å². The summed E-state index contributed by atoms with van der Waals surface area (Å²) in [5.74, 6) is -2.11. The van der Waals surface area contributed by atoms with E-state index in [-0.39, 0.29) is 17.9 Å². The van der Waals surface area contributed by atoms with Gasteiger partial charge in [0.1, 0.15) is 5.00 Å². The predicted molar refractivity (Wildman–Crippen MR) is 121 cm³/mol. The van der Waals surface area contributed by atoms with E-state index in [0.717, 1.165) is 50.5 Å². The predicted octanol–water partition coefficient (Wildman–Crippen LogP) is 4.54. The highest BCUT2D eigenvalue weighted by molar-refractivity contribution is 7.17. The molecule has 0 aromatic carbocycles. The van der Waals surface area contributed by atoms with Crippen molar-refractivity contribution in [1.82, 2.24) is 5.32 Å². The summed E-state index contributed by atoms with van der Waals surface area (Å²) in [5.41, 5.74) is 1.69. The average molecular weight is 445 g/mol. The fourth-order valence-electron chi connectivity index (χ4n) is 5.17. The molecular weight excluding hydrogens is 412 g/mol. The maximum absolute atomic E-state index is 13.3. The number of carboxylic acid groups (broad SMARTS) is 1. The van der Waals surface area contributed by atoms with Crippen LogP contribution in [-0.2, 0) is 22.4 Å². The number of carboxylic acids is 1. The number of allylic oxidation sites excluding steroid dienone is 2. The molecule has 7 heteroatoms. The highest BCUT2D eigenvalue weighted by atomic mass is 32.1. The van der Waals surface area contributed by atoms with Gasteiger partial charge in [-0.1, -0.05) is 38.3 Å². The van der Waals surface area contributed by atoms with Gasteiger partial charge >= 0.3 is 5.97 Å². The minimum atomic E-state index is -0.945. The summed E-state index contributed by atoms with van der Waals surface area (Å²) in [6, 6.07) is 0.197. The molecule has 1 aromatic rings. The van der Waals surface area contributed by atoms with Gasteiger partial charge in [0.2, 0.25) is 5.91 Å². The Bertz CT molecular complexity index is 884. The summed E-state index contributed by atoms with van der Waals surface area (Å²) in [4.78, 5) is 39.2. The van der Waals surface area contributed by atoms with Gasteiger partial charge in [-0.15, -0.1) is 11.3 Å². The van der Waals surface area contributed by atoms with E-state index in [4.69, 9.17) is 0 Å². The third-order valence-corrected chi connectivity index (χ3v) is 8.17. The lowest BCUT2D eigenvalue weighted by Crippen LogP contribution is -2.38. The number of hydrogen-bond donors (Lipinski definition) is 3. The molecular formula is C24H32N2O4S. The molecule has 1 aromatic heterocycles. The molecule has 0 saturated heterocycles. The molecule has 168 valence electrons. The summed E-state index contributed by atoms with van der Waals surface area (Å²) >= 11 is 1.50. The topological polar surface area (TPSA) is 95.5 Å². The van der Waals surface area contributed by atoms with Crippen molar-refractivity contribution in [3.8, 4) is 0 Å². The van der Waals surface area contributed by atoms with Gasteiger partial charge in [0.15, 0.2) is 0 Å². The molecule has 0 radical (unpaired) electrons. The number of rotatable bonds is 5. The van der Waals surface area contributed by atoms with Gasteiger partial charge in [0.05, 0.1) is 17.4 Å². The van der Waals surface area contributed by atoms with Gasteiger partial charge in [-0.05, 0) is 56.4 Å². The third kappa shape index (κ3) is 4.86. The first-order valence-corrected chi connectivity index (χ1v) is 12.4. The van der Waals surface area contributed by atoms with E-state index in [1.165, 1.54) is 22.6 Å². The van der Waals surface area contributed by atoms with Crippen molar-refractivity contribution in [3.63, 3.8) is 0 Å². The molecule has 3 aliphatic rings. The summed E-state index contributed by atoms with van der Waals surface area (Å²) in [6.07, 6.45) is 12.8. The molecule has 6 nitrogen and oxygen atoms in total. The van der Waals surface area contributed by atoms with Gasteiger partial charge in [-0.25, -0.2) is 0 Å². The van der Waals surface area contributed by atoms with E-state index in [2.05, 4.69) is 17.6 Å². The summed E-state index contributed by atoms with van der Waals surface area (Å²) < 4.78 is 0. The molecule has 3 atom stereocenters. The van der Waals surface area contributed by atoms with Crippen LogP contribution in [-0.4, -0.2) is 28.9 Å². The Morgan fingerprint density at radius 3 is 2.45 bits per heavy atom. The molecule has 1 saturated carbocycles. The maximum atomic E-state index is 13.3. The van der Waals surface area contributed by atoms with Gasteiger partial charge in [-0.2, -0.15) is 0 Å². The van der Waals surface area contributed by atoms with Crippen LogP contribution >= 0.6 is 11.3 Å². The summed E-state index contributed by atoms with van der Waals surface area (Å²) in [5, 5.41) is 16.3. The molecule has 1 heterocycles. The fourth-order valence-corrected chi connectivity index (χ4v) is 6.58. The van der Waals surface area contributed by atoms with Crippen LogP contribution in [0.25, 0.3) is 0 Å². The van der Waals surface area contributed by atoms with E-state index >= 15 is 0 Å². The van der Waals surface area contributed by atoms with Crippen molar-refractivity contribution in [2.45, 2.75) is 77.2 Å². The Balaban J connectivity index is 1.59. The number of anilines is 1. The number of amides is 2. The van der Waals surface area contributed by atoms with Gasteiger partial charge in [0, 0.05) is 10.9 Å².